The van der Waals surface area contributed by atoms with Crippen LogP contribution in [0.3, 0.4) is 0 Å². The SMILES string of the molecule is CNCC(c1ccccc1)n1cnc2cc(C)c(C)cc21. The van der Waals surface area contributed by atoms with Gasteiger partial charge in [-0.05, 0) is 49.7 Å². The average molecular weight is 279 g/mol. The van der Waals surface area contributed by atoms with Gasteiger partial charge in [-0.3, -0.25) is 0 Å². The maximum Gasteiger partial charge on any atom is 0.0964 e. The van der Waals surface area contributed by atoms with Gasteiger partial charge in [0.2, 0.25) is 0 Å². The van der Waals surface area contributed by atoms with Gasteiger partial charge in [-0.2, -0.15) is 0 Å². The van der Waals surface area contributed by atoms with Crippen LogP contribution in [0.5, 0.6) is 0 Å². The van der Waals surface area contributed by atoms with E-state index in [-0.39, 0.29) is 6.04 Å². The number of aromatic nitrogens is 2. The number of benzene rings is 2. The van der Waals surface area contributed by atoms with E-state index in [1.165, 1.54) is 22.2 Å². The number of rotatable bonds is 4. The first-order valence-corrected chi connectivity index (χ1v) is 7.34. The van der Waals surface area contributed by atoms with E-state index in [9.17, 15) is 0 Å². The van der Waals surface area contributed by atoms with Gasteiger partial charge in [0.25, 0.3) is 0 Å². The van der Waals surface area contributed by atoms with Crippen molar-refractivity contribution in [1.29, 1.82) is 0 Å². The maximum absolute atomic E-state index is 4.58. The Morgan fingerprint density at radius 2 is 1.81 bits per heavy atom. The Morgan fingerprint density at radius 1 is 1.10 bits per heavy atom. The van der Waals surface area contributed by atoms with Crippen molar-refractivity contribution >= 4 is 11.0 Å². The number of hydrogen-bond donors (Lipinski definition) is 1. The second-order valence-electron chi connectivity index (χ2n) is 5.56. The van der Waals surface area contributed by atoms with Gasteiger partial charge < -0.3 is 9.88 Å². The summed E-state index contributed by atoms with van der Waals surface area (Å²) in [5, 5.41) is 3.30. The molecular weight excluding hydrogens is 258 g/mol. The summed E-state index contributed by atoms with van der Waals surface area (Å²) in [6, 6.07) is 15.2. The highest BCUT2D eigenvalue weighted by Gasteiger charge is 2.16. The molecule has 0 saturated carbocycles. The van der Waals surface area contributed by atoms with Crippen molar-refractivity contribution < 1.29 is 0 Å². The largest absolute Gasteiger partial charge is 0.322 e. The normalized spacial score (nSPS) is 12.7. The average Bonchev–Trinajstić information content (AvgIpc) is 2.89. The van der Waals surface area contributed by atoms with Crippen molar-refractivity contribution in [1.82, 2.24) is 14.9 Å². The van der Waals surface area contributed by atoms with Crippen LogP contribution >= 0.6 is 0 Å². The molecule has 0 spiro atoms. The van der Waals surface area contributed by atoms with Crippen molar-refractivity contribution in [3.63, 3.8) is 0 Å². The van der Waals surface area contributed by atoms with Gasteiger partial charge in [-0.1, -0.05) is 30.3 Å². The van der Waals surface area contributed by atoms with Gasteiger partial charge in [-0.15, -0.1) is 0 Å². The van der Waals surface area contributed by atoms with Gasteiger partial charge >= 0.3 is 0 Å². The van der Waals surface area contributed by atoms with E-state index in [0.29, 0.717) is 0 Å². The van der Waals surface area contributed by atoms with Crippen LogP contribution in [0.2, 0.25) is 0 Å². The van der Waals surface area contributed by atoms with E-state index in [1.54, 1.807) is 0 Å². The van der Waals surface area contributed by atoms with Crippen LogP contribution in [0.15, 0.2) is 48.8 Å². The molecule has 1 atom stereocenters. The van der Waals surface area contributed by atoms with Crippen molar-refractivity contribution in [3.8, 4) is 0 Å². The molecule has 2 aromatic carbocycles. The van der Waals surface area contributed by atoms with Crippen molar-refractivity contribution in [2.75, 3.05) is 13.6 Å². The topological polar surface area (TPSA) is 29.9 Å². The van der Waals surface area contributed by atoms with Gasteiger partial charge in [-0.25, -0.2) is 4.98 Å². The van der Waals surface area contributed by atoms with Gasteiger partial charge in [0.15, 0.2) is 0 Å². The molecule has 1 heterocycles. The summed E-state index contributed by atoms with van der Waals surface area (Å²) >= 11 is 0. The Kier molecular flexibility index (Phi) is 3.76. The molecule has 0 radical (unpaired) electrons. The van der Waals surface area contributed by atoms with Crippen LogP contribution in [0.25, 0.3) is 11.0 Å². The number of fused-ring (bicyclic) bond motifs is 1. The smallest absolute Gasteiger partial charge is 0.0964 e. The molecule has 0 aliphatic carbocycles. The number of nitrogens with zero attached hydrogens (tertiary/aromatic N) is 2. The Bertz CT molecular complexity index is 744. The molecule has 3 aromatic rings. The van der Waals surface area contributed by atoms with Crippen LogP contribution in [0.1, 0.15) is 22.7 Å². The third-order valence-corrected chi connectivity index (χ3v) is 4.11. The fraction of sp³-hybridized carbons (Fsp3) is 0.278. The van der Waals surface area contributed by atoms with Crippen LogP contribution in [0.4, 0.5) is 0 Å². The molecule has 0 amide bonds. The monoisotopic (exact) mass is 279 g/mol. The van der Waals surface area contributed by atoms with Crippen LogP contribution in [0, 0.1) is 13.8 Å². The first-order valence-electron chi connectivity index (χ1n) is 7.34. The minimum Gasteiger partial charge on any atom is -0.322 e. The first kappa shape index (κ1) is 13.8. The predicted octanol–water partition coefficient (Wildman–Crippen LogP) is 3.46. The number of nitrogens with one attached hydrogen (secondary N) is 1. The van der Waals surface area contributed by atoms with E-state index < -0.39 is 0 Å². The Labute approximate surface area is 125 Å². The first-order chi connectivity index (χ1) is 10.2. The molecule has 108 valence electrons. The molecule has 0 aliphatic rings. The molecule has 3 nitrogen and oxygen atoms in total. The Morgan fingerprint density at radius 3 is 2.52 bits per heavy atom. The summed E-state index contributed by atoms with van der Waals surface area (Å²) in [4.78, 5) is 4.58. The molecule has 1 N–H and O–H groups in total. The van der Waals surface area contributed by atoms with Gasteiger partial charge in [0.1, 0.15) is 0 Å². The number of aryl methyl sites for hydroxylation is 2. The fourth-order valence-corrected chi connectivity index (χ4v) is 2.78. The van der Waals surface area contributed by atoms with Crippen LogP contribution < -0.4 is 5.32 Å². The van der Waals surface area contributed by atoms with Crippen molar-refractivity contribution in [3.05, 3.63) is 65.5 Å². The lowest BCUT2D eigenvalue weighted by molar-refractivity contribution is 0.562. The van der Waals surface area contributed by atoms with E-state index >= 15 is 0 Å². The molecular formula is C18H21N3. The maximum atomic E-state index is 4.58. The Hall–Kier alpha value is -2.13. The quantitative estimate of drug-likeness (QED) is 0.792. The summed E-state index contributed by atoms with van der Waals surface area (Å²) in [6.45, 7) is 5.17. The molecule has 1 unspecified atom stereocenters. The lowest BCUT2D eigenvalue weighted by Gasteiger charge is -2.20. The molecule has 0 aliphatic heterocycles. The van der Waals surface area contributed by atoms with Crippen molar-refractivity contribution in [2.24, 2.45) is 0 Å². The van der Waals surface area contributed by atoms with E-state index in [2.05, 4.69) is 71.2 Å². The van der Waals surface area contributed by atoms with Gasteiger partial charge in [0.05, 0.1) is 23.4 Å². The summed E-state index contributed by atoms with van der Waals surface area (Å²) in [6.07, 6.45) is 1.96. The molecule has 3 rings (SSSR count). The lowest BCUT2D eigenvalue weighted by atomic mass is 10.1. The third kappa shape index (κ3) is 2.57. The zero-order valence-electron chi connectivity index (χ0n) is 12.8. The van der Waals surface area contributed by atoms with Crippen LogP contribution in [-0.2, 0) is 0 Å². The van der Waals surface area contributed by atoms with E-state index in [4.69, 9.17) is 0 Å². The van der Waals surface area contributed by atoms with Crippen molar-refractivity contribution in [2.45, 2.75) is 19.9 Å². The zero-order valence-corrected chi connectivity index (χ0v) is 12.8. The summed E-state index contributed by atoms with van der Waals surface area (Å²) in [7, 11) is 1.99. The molecule has 0 saturated heterocycles. The standard InChI is InChI=1S/C18H21N3/c1-13-9-16-17(10-14(13)2)21(12-20-16)18(11-19-3)15-7-5-4-6-8-15/h4-10,12,18-19H,11H2,1-3H3. The second kappa shape index (κ2) is 5.70. The number of imidazole rings is 1. The van der Waals surface area contributed by atoms with E-state index in [1.807, 2.05) is 13.4 Å². The minimum absolute atomic E-state index is 0.253. The van der Waals surface area contributed by atoms with E-state index in [0.717, 1.165) is 12.1 Å². The second-order valence-corrected chi connectivity index (χ2v) is 5.56. The lowest BCUT2D eigenvalue weighted by Crippen LogP contribution is -2.23. The Balaban J connectivity index is 2.14. The highest BCUT2D eigenvalue weighted by Crippen LogP contribution is 2.25. The molecule has 1 aromatic heterocycles. The zero-order chi connectivity index (χ0) is 14.8. The van der Waals surface area contributed by atoms with Crippen LogP contribution in [-0.4, -0.2) is 23.1 Å². The summed E-state index contributed by atoms with van der Waals surface area (Å²) in [5.74, 6) is 0. The molecule has 3 heteroatoms. The summed E-state index contributed by atoms with van der Waals surface area (Å²) < 4.78 is 2.27. The highest BCUT2D eigenvalue weighted by molar-refractivity contribution is 5.77. The number of likely N-dealkylation sites (N-methyl/N-ethyl adjacent to an activating group) is 1. The molecule has 0 bridgehead atoms. The summed E-state index contributed by atoms with van der Waals surface area (Å²) in [5.41, 5.74) is 6.15. The molecule has 21 heavy (non-hydrogen) atoms. The fourth-order valence-electron chi connectivity index (χ4n) is 2.78. The minimum atomic E-state index is 0.253. The highest BCUT2D eigenvalue weighted by atomic mass is 15.1. The third-order valence-electron chi connectivity index (χ3n) is 4.11. The predicted molar refractivity (Wildman–Crippen MR) is 87.7 cm³/mol. The number of hydrogen-bond acceptors (Lipinski definition) is 2. The molecule has 0 fully saturated rings. The van der Waals surface area contributed by atoms with Gasteiger partial charge in [0, 0.05) is 6.54 Å².